The highest BCUT2D eigenvalue weighted by Crippen LogP contribution is 2.49. The largest absolute Gasteiger partial charge is 0.497 e. The molecule has 0 radical (unpaired) electrons. The molecule has 27 heavy (non-hydrogen) atoms. The number of ether oxygens (including phenoxy) is 2. The molecule has 2 aliphatic rings. The van der Waals surface area contributed by atoms with E-state index in [2.05, 4.69) is 16.3 Å². The van der Waals surface area contributed by atoms with Crippen LogP contribution >= 0.6 is 0 Å². The summed E-state index contributed by atoms with van der Waals surface area (Å²) in [5.41, 5.74) is 6.41. The van der Waals surface area contributed by atoms with Crippen molar-refractivity contribution in [3.8, 4) is 5.75 Å². The van der Waals surface area contributed by atoms with Gasteiger partial charge in [-0.2, -0.15) is 0 Å². The summed E-state index contributed by atoms with van der Waals surface area (Å²) >= 11 is 0. The lowest BCUT2D eigenvalue weighted by Gasteiger charge is -2.58. The summed E-state index contributed by atoms with van der Waals surface area (Å²) in [5, 5.41) is 3.22. The first-order valence-corrected chi connectivity index (χ1v) is 9.92. The Morgan fingerprint density at radius 2 is 2.19 bits per heavy atom. The topological polar surface area (TPSA) is 76.8 Å². The highest BCUT2D eigenvalue weighted by atomic mass is 16.5. The molecule has 1 amide bonds. The average Bonchev–Trinajstić information content (AvgIpc) is 2.67. The number of benzene rings is 1. The minimum atomic E-state index is -0.870. The predicted octanol–water partition coefficient (Wildman–Crippen LogP) is 2.31. The molecule has 3 rings (SSSR count). The highest BCUT2D eigenvalue weighted by Gasteiger charge is 2.63. The van der Waals surface area contributed by atoms with Crippen LogP contribution in [0.25, 0.3) is 0 Å². The van der Waals surface area contributed by atoms with Crippen molar-refractivity contribution in [1.82, 2.24) is 5.32 Å². The molecule has 1 aromatic rings. The standard InChI is InChI=1S/C21H33N3O3/c1-5-27-18-13-21(22,20(18,2)3)19(25)23-15-8-7-11-24(14-15)16-9-6-10-17(12-16)26-4/h6,9-10,12,15,18H,5,7-8,11,13-14,22H2,1-4H3,(H,23,25). The second-order valence-electron chi connectivity index (χ2n) is 8.30. The van der Waals surface area contributed by atoms with E-state index in [1.54, 1.807) is 7.11 Å². The Morgan fingerprint density at radius 1 is 1.41 bits per heavy atom. The summed E-state index contributed by atoms with van der Waals surface area (Å²) in [6, 6.07) is 8.16. The number of amides is 1. The number of nitrogens with one attached hydrogen (secondary N) is 1. The summed E-state index contributed by atoms with van der Waals surface area (Å²) in [4.78, 5) is 15.3. The summed E-state index contributed by atoms with van der Waals surface area (Å²) < 4.78 is 11.1. The molecule has 0 aromatic heterocycles. The molecule has 1 aromatic carbocycles. The van der Waals surface area contributed by atoms with E-state index >= 15 is 0 Å². The lowest BCUT2D eigenvalue weighted by Crippen LogP contribution is -2.76. The Hall–Kier alpha value is -1.79. The molecule has 3 N–H and O–H groups in total. The van der Waals surface area contributed by atoms with Gasteiger partial charge >= 0.3 is 0 Å². The van der Waals surface area contributed by atoms with Gasteiger partial charge in [-0.25, -0.2) is 0 Å². The summed E-state index contributed by atoms with van der Waals surface area (Å²) in [5.74, 6) is 0.790. The quantitative estimate of drug-likeness (QED) is 0.798. The molecular weight excluding hydrogens is 342 g/mol. The van der Waals surface area contributed by atoms with Crippen LogP contribution in [0, 0.1) is 5.41 Å². The SMILES string of the molecule is CCOC1CC(N)(C(=O)NC2CCCN(c3cccc(OC)c3)C2)C1(C)C. The van der Waals surface area contributed by atoms with Crippen molar-refractivity contribution in [2.75, 3.05) is 31.7 Å². The second kappa shape index (κ2) is 7.68. The zero-order chi connectivity index (χ0) is 19.7. The number of rotatable bonds is 6. The minimum Gasteiger partial charge on any atom is -0.497 e. The Kier molecular flexibility index (Phi) is 5.68. The van der Waals surface area contributed by atoms with E-state index in [9.17, 15) is 4.79 Å². The Bertz CT molecular complexity index is 678. The van der Waals surface area contributed by atoms with Crippen molar-refractivity contribution in [3.63, 3.8) is 0 Å². The third kappa shape index (κ3) is 3.65. The van der Waals surface area contributed by atoms with Crippen LogP contribution in [0.1, 0.15) is 40.0 Å². The first-order valence-electron chi connectivity index (χ1n) is 9.92. The molecule has 6 nitrogen and oxygen atoms in total. The molecule has 3 atom stereocenters. The van der Waals surface area contributed by atoms with Crippen LogP contribution in [-0.2, 0) is 9.53 Å². The van der Waals surface area contributed by atoms with Crippen molar-refractivity contribution >= 4 is 11.6 Å². The van der Waals surface area contributed by atoms with Gasteiger partial charge in [0.2, 0.25) is 5.91 Å². The van der Waals surface area contributed by atoms with Crippen LogP contribution in [0.15, 0.2) is 24.3 Å². The lowest BCUT2D eigenvalue weighted by molar-refractivity contribution is -0.171. The Balaban J connectivity index is 1.63. The number of carbonyl (C=O) groups is 1. The van der Waals surface area contributed by atoms with Crippen LogP contribution in [0.5, 0.6) is 5.75 Å². The molecule has 1 heterocycles. The van der Waals surface area contributed by atoms with Crippen LogP contribution in [-0.4, -0.2) is 50.4 Å². The molecule has 1 saturated heterocycles. The second-order valence-corrected chi connectivity index (χ2v) is 8.30. The van der Waals surface area contributed by atoms with Crippen LogP contribution in [0.2, 0.25) is 0 Å². The molecular formula is C21H33N3O3. The number of nitrogens with zero attached hydrogens (tertiary/aromatic N) is 1. The predicted molar refractivity (Wildman–Crippen MR) is 107 cm³/mol. The van der Waals surface area contributed by atoms with E-state index in [0.29, 0.717) is 13.0 Å². The third-order valence-corrected chi connectivity index (χ3v) is 6.41. The monoisotopic (exact) mass is 375 g/mol. The number of piperidine rings is 1. The molecule has 3 unspecified atom stereocenters. The van der Waals surface area contributed by atoms with Crippen LogP contribution < -0.4 is 20.7 Å². The average molecular weight is 376 g/mol. The number of hydrogen-bond donors (Lipinski definition) is 2. The van der Waals surface area contributed by atoms with Gasteiger partial charge in [0.1, 0.15) is 11.3 Å². The van der Waals surface area contributed by atoms with Crippen molar-refractivity contribution < 1.29 is 14.3 Å². The van der Waals surface area contributed by atoms with E-state index in [0.717, 1.165) is 37.4 Å². The summed E-state index contributed by atoms with van der Waals surface area (Å²) in [6.45, 7) is 8.43. The van der Waals surface area contributed by atoms with E-state index < -0.39 is 5.54 Å². The van der Waals surface area contributed by atoms with Gasteiger partial charge in [-0.1, -0.05) is 19.9 Å². The zero-order valence-corrected chi connectivity index (χ0v) is 17.0. The molecule has 150 valence electrons. The van der Waals surface area contributed by atoms with Gasteiger partial charge in [-0.15, -0.1) is 0 Å². The maximum absolute atomic E-state index is 13.0. The van der Waals surface area contributed by atoms with Crippen LogP contribution in [0.4, 0.5) is 5.69 Å². The fourth-order valence-corrected chi connectivity index (χ4v) is 4.27. The fourth-order valence-electron chi connectivity index (χ4n) is 4.27. The third-order valence-electron chi connectivity index (χ3n) is 6.41. The number of methoxy groups -OCH3 is 1. The van der Waals surface area contributed by atoms with Crippen molar-refractivity contribution in [1.29, 1.82) is 0 Å². The molecule has 1 aliphatic carbocycles. The van der Waals surface area contributed by atoms with Gasteiger partial charge in [0.15, 0.2) is 0 Å². The molecule has 1 aliphatic heterocycles. The number of anilines is 1. The van der Waals surface area contributed by atoms with Gasteiger partial charge < -0.3 is 25.4 Å². The minimum absolute atomic E-state index is 0.0397. The first kappa shape index (κ1) is 20.0. The number of nitrogens with two attached hydrogens (primary N) is 1. The molecule has 6 heteroatoms. The van der Waals surface area contributed by atoms with E-state index in [4.69, 9.17) is 15.2 Å². The van der Waals surface area contributed by atoms with Gasteiger partial charge in [-0.3, -0.25) is 4.79 Å². The molecule has 0 spiro atoms. The van der Waals surface area contributed by atoms with E-state index in [1.165, 1.54) is 0 Å². The maximum Gasteiger partial charge on any atom is 0.241 e. The molecule has 0 bridgehead atoms. The summed E-state index contributed by atoms with van der Waals surface area (Å²) in [7, 11) is 1.68. The number of hydrogen-bond acceptors (Lipinski definition) is 5. The van der Waals surface area contributed by atoms with Gasteiger partial charge in [0.25, 0.3) is 0 Å². The summed E-state index contributed by atoms with van der Waals surface area (Å²) in [6.07, 6.45) is 2.62. The Labute approximate surface area is 162 Å². The highest BCUT2D eigenvalue weighted by molar-refractivity contribution is 5.89. The Morgan fingerprint density at radius 3 is 2.85 bits per heavy atom. The maximum atomic E-state index is 13.0. The van der Waals surface area contributed by atoms with Crippen LogP contribution in [0.3, 0.4) is 0 Å². The van der Waals surface area contributed by atoms with Crippen molar-refractivity contribution in [2.24, 2.45) is 11.1 Å². The first-order chi connectivity index (χ1) is 12.8. The van der Waals surface area contributed by atoms with E-state index in [-0.39, 0.29) is 23.5 Å². The van der Waals surface area contributed by atoms with Crippen molar-refractivity contribution in [2.45, 2.75) is 57.7 Å². The number of carbonyl (C=O) groups excluding carboxylic acids is 1. The van der Waals surface area contributed by atoms with E-state index in [1.807, 2.05) is 39.0 Å². The van der Waals surface area contributed by atoms with Gasteiger partial charge in [-0.05, 0) is 31.9 Å². The molecule has 1 saturated carbocycles. The molecule has 2 fully saturated rings. The normalized spacial score (nSPS) is 29.7. The van der Waals surface area contributed by atoms with Crippen molar-refractivity contribution in [3.05, 3.63) is 24.3 Å². The van der Waals surface area contributed by atoms with Gasteiger partial charge in [0.05, 0.1) is 13.2 Å². The zero-order valence-electron chi connectivity index (χ0n) is 17.0. The lowest BCUT2D eigenvalue weighted by atomic mass is 9.54. The smallest absolute Gasteiger partial charge is 0.241 e. The fraction of sp³-hybridized carbons (Fsp3) is 0.667. The van der Waals surface area contributed by atoms with Gasteiger partial charge in [0, 0.05) is 49.3 Å².